The first-order valence-electron chi connectivity index (χ1n) is 8.65. The molecule has 0 heterocycles. The number of hydrogen-bond donors (Lipinski definition) is 3. The van der Waals surface area contributed by atoms with Crippen LogP contribution in [0.4, 0.5) is 5.69 Å². The fourth-order valence-electron chi connectivity index (χ4n) is 2.66. The van der Waals surface area contributed by atoms with E-state index < -0.39 is 8.07 Å². The molecule has 2 aromatic rings. The Hall–Kier alpha value is -2.11. The molecule has 0 atom stereocenters. The molecule has 0 bridgehead atoms. The summed E-state index contributed by atoms with van der Waals surface area (Å²) in [5.41, 5.74) is 3.71. The van der Waals surface area contributed by atoms with E-state index in [9.17, 15) is 4.79 Å². The third kappa shape index (κ3) is 5.18. The van der Waals surface area contributed by atoms with Crippen LogP contribution < -0.4 is 15.8 Å². The molecule has 0 spiro atoms. The van der Waals surface area contributed by atoms with Crippen molar-refractivity contribution >= 4 is 24.9 Å². The molecule has 0 aliphatic rings. The maximum atomic E-state index is 12.1. The number of nitrogens with one attached hydrogen (secondary N) is 2. The smallest absolute Gasteiger partial charge is 0.251 e. The van der Waals surface area contributed by atoms with E-state index in [1.165, 1.54) is 10.8 Å². The molecule has 134 valence electrons. The summed E-state index contributed by atoms with van der Waals surface area (Å²) < 4.78 is 0. The molecule has 5 heteroatoms. The summed E-state index contributed by atoms with van der Waals surface area (Å²) in [4.78, 5) is 12.1. The van der Waals surface area contributed by atoms with Gasteiger partial charge in [-0.2, -0.15) is 0 Å². The molecular formula is C20H28N2O2Si. The van der Waals surface area contributed by atoms with Crippen LogP contribution in [0.25, 0.3) is 0 Å². The Balaban J connectivity index is 2.07. The van der Waals surface area contributed by atoms with Crippen molar-refractivity contribution in [3.8, 4) is 0 Å². The number of anilines is 1. The van der Waals surface area contributed by atoms with E-state index in [0.29, 0.717) is 12.1 Å². The Morgan fingerprint density at radius 1 is 1.08 bits per heavy atom. The molecule has 1 amide bonds. The monoisotopic (exact) mass is 356 g/mol. The van der Waals surface area contributed by atoms with Crippen molar-refractivity contribution in [2.24, 2.45) is 0 Å². The highest BCUT2D eigenvalue weighted by Crippen LogP contribution is 2.20. The van der Waals surface area contributed by atoms with Crippen molar-refractivity contribution in [2.45, 2.75) is 33.1 Å². The minimum Gasteiger partial charge on any atom is -0.395 e. The number of benzene rings is 2. The van der Waals surface area contributed by atoms with Crippen molar-refractivity contribution in [2.75, 3.05) is 18.5 Å². The Bertz CT molecular complexity index is 721. The van der Waals surface area contributed by atoms with Gasteiger partial charge >= 0.3 is 0 Å². The highest BCUT2D eigenvalue weighted by atomic mass is 28.3. The number of carbonyl (C=O) groups excluding carboxylic acids is 1. The van der Waals surface area contributed by atoms with E-state index in [-0.39, 0.29) is 19.1 Å². The minimum absolute atomic E-state index is 0.0594. The van der Waals surface area contributed by atoms with Gasteiger partial charge in [0.2, 0.25) is 0 Å². The van der Waals surface area contributed by atoms with Gasteiger partial charge in [-0.25, -0.2) is 0 Å². The van der Waals surface area contributed by atoms with Crippen LogP contribution in [0, 0.1) is 6.92 Å². The lowest BCUT2D eigenvalue weighted by Gasteiger charge is -2.17. The molecule has 2 rings (SSSR count). The van der Waals surface area contributed by atoms with Gasteiger partial charge in [-0.3, -0.25) is 4.79 Å². The molecular weight excluding hydrogens is 328 g/mol. The second kappa shape index (κ2) is 8.32. The van der Waals surface area contributed by atoms with E-state index >= 15 is 0 Å². The molecule has 0 radical (unpaired) electrons. The van der Waals surface area contributed by atoms with E-state index in [4.69, 9.17) is 5.11 Å². The van der Waals surface area contributed by atoms with Crippen LogP contribution in [0.5, 0.6) is 0 Å². The molecule has 0 aliphatic heterocycles. The molecule has 2 aromatic carbocycles. The third-order valence-electron chi connectivity index (χ3n) is 4.28. The SMILES string of the molecule is Cc1c(NCc2ccc([Si](C)(C)C)cc2)cccc1C(=O)NCCO. The van der Waals surface area contributed by atoms with Crippen LogP contribution in [0.15, 0.2) is 42.5 Å². The minimum atomic E-state index is -1.27. The Morgan fingerprint density at radius 2 is 1.76 bits per heavy atom. The van der Waals surface area contributed by atoms with Gasteiger partial charge in [0.25, 0.3) is 5.91 Å². The average Bonchev–Trinajstić information content (AvgIpc) is 2.58. The number of aliphatic hydroxyl groups is 1. The summed E-state index contributed by atoms with van der Waals surface area (Å²) >= 11 is 0. The van der Waals surface area contributed by atoms with Gasteiger partial charge in [0.05, 0.1) is 14.7 Å². The maximum absolute atomic E-state index is 12.1. The van der Waals surface area contributed by atoms with Crippen LogP contribution in [-0.4, -0.2) is 32.2 Å². The molecule has 4 nitrogen and oxygen atoms in total. The highest BCUT2D eigenvalue weighted by molar-refractivity contribution is 6.88. The molecule has 0 fully saturated rings. The number of aliphatic hydroxyl groups excluding tert-OH is 1. The molecule has 0 saturated carbocycles. The number of hydrogen-bond acceptors (Lipinski definition) is 3. The van der Waals surface area contributed by atoms with Crippen LogP contribution >= 0.6 is 0 Å². The highest BCUT2D eigenvalue weighted by Gasteiger charge is 2.15. The van der Waals surface area contributed by atoms with Gasteiger partial charge in [0.1, 0.15) is 0 Å². The van der Waals surface area contributed by atoms with Crippen molar-refractivity contribution in [3.63, 3.8) is 0 Å². The molecule has 0 aromatic heterocycles. The van der Waals surface area contributed by atoms with Crippen LogP contribution in [-0.2, 0) is 6.54 Å². The van der Waals surface area contributed by atoms with Crippen molar-refractivity contribution in [1.29, 1.82) is 0 Å². The van der Waals surface area contributed by atoms with Gasteiger partial charge in [0.15, 0.2) is 0 Å². The predicted octanol–water partition coefficient (Wildman–Crippen LogP) is 2.87. The molecule has 3 N–H and O–H groups in total. The number of amides is 1. The predicted molar refractivity (Wildman–Crippen MR) is 107 cm³/mol. The topological polar surface area (TPSA) is 61.4 Å². The fourth-order valence-corrected chi connectivity index (χ4v) is 3.82. The summed E-state index contributed by atoms with van der Waals surface area (Å²) in [6, 6.07) is 14.5. The average molecular weight is 357 g/mol. The lowest BCUT2D eigenvalue weighted by Crippen LogP contribution is -2.37. The summed E-state index contributed by atoms with van der Waals surface area (Å²) in [6.07, 6.45) is 0. The zero-order valence-electron chi connectivity index (χ0n) is 15.5. The number of carbonyl (C=O) groups is 1. The van der Waals surface area contributed by atoms with Crippen molar-refractivity contribution < 1.29 is 9.90 Å². The van der Waals surface area contributed by atoms with Gasteiger partial charge in [-0.05, 0) is 30.2 Å². The van der Waals surface area contributed by atoms with E-state index in [1.807, 2.05) is 19.1 Å². The van der Waals surface area contributed by atoms with Gasteiger partial charge in [-0.1, -0.05) is 55.2 Å². The quantitative estimate of drug-likeness (QED) is 0.669. The van der Waals surface area contributed by atoms with E-state index in [0.717, 1.165) is 11.3 Å². The maximum Gasteiger partial charge on any atom is 0.251 e. The Labute approximate surface area is 151 Å². The first kappa shape index (κ1) is 19.2. The first-order valence-corrected chi connectivity index (χ1v) is 12.1. The second-order valence-corrected chi connectivity index (χ2v) is 12.3. The summed E-state index contributed by atoms with van der Waals surface area (Å²) in [6.45, 7) is 9.89. The Kier molecular flexibility index (Phi) is 6.39. The van der Waals surface area contributed by atoms with E-state index in [2.05, 4.69) is 54.5 Å². The molecule has 0 aliphatic carbocycles. The van der Waals surface area contributed by atoms with Gasteiger partial charge in [0, 0.05) is 24.3 Å². The molecule has 25 heavy (non-hydrogen) atoms. The zero-order valence-corrected chi connectivity index (χ0v) is 16.5. The summed E-state index contributed by atoms with van der Waals surface area (Å²) in [5.74, 6) is -0.158. The lowest BCUT2D eigenvalue weighted by atomic mass is 10.1. The van der Waals surface area contributed by atoms with E-state index in [1.54, 1.807) is 6.07 Å². The zero-order chi connectivity index (χ0) is 18.4. The van der Waals surface area contributed by atoms with Crippen molar-refractivity contribution in [3.05, 3.63) is 59.2 Å². The van der Waals surface area contributed by atoms with Crippen molar-refractivity contribution in [1.82, 2.24) is 5.32 Å². The first-order chi connectivity index (χ1) is 11.8. The van der Waals surface area contributed by atoms with Crippen LogP contribution in [0.3, 0.4) is 0 Å². The standard InChI is InChI=1S/C20H28N2O2Si/c1-15-18(20(24)21-12-13-23)6-5-7-19(15)22-14-16-8-10-17(11-9-16)25(2,3)4/h5-11,22-23H,12-14H2,1-4H3,(H,21,24). The third-order valence-corrected chi connectivity index (χ3v) is 6.34. The normalized spacial score (nSPS) is 11.2. The largest absolute Gasteiger partial charge is 0.395 e. The second-order valence-electron chi connectivity index (χ2n) is 7.26. The molecule has 0 saturated heterocycles. The molecule has 0 unspecified atom stereocenters. The Morgan fingerprint density at radius 3 is 2.36 bits per heavy atom. The van der Waals surface area contributed by atoms with Crippen LogP contribution in [0.1, 0.15) is 21.5 Å². The fraction of sp³-hybridized carbons (Fsp3) is 0.350. The van der Waals surface area contributed by atoms with Gasteiger partial charge < -0.3 is 15.7 Å². The van der Waals surface area contributed by atoms with Crippen LogP contribution in [0.2, 0.25) is 19.6 Å². The number of rotatable bonds is 7. The lowest BCUT2D eigenvalue weighted by molar-refractivity contribution is 0.0944. The summed E-state index contributed by atoms with van der Waals surface area (Å²) in [7, 11) is -1.27. The summed E-state index contributed by atoms with van der Waals surface area (Å²) in [5, 5.41) is 16.4. The van der Waals surface area contributed by atoms with Gasteiger partial charge in [-0.15, -0.1) is 0 Å².